The van der Waals surface area contributed by atoms with E-state index < -0.39 is 23.4 Å². The third kappa shape index (κ3) is 2.68. The van der Waals surface area contributed by atoms with Gasteiger partial charge in [-0.3, -0.25) is 19.8 Å². The molecule has 8 nitrogen and oxygen atoms in total. The first-order valence-corrected chi connectivity index (χ1v) is 6.91. The first kappa shape index (κ1) is 14.9. The van der Waals surface area contributed by atoms with Crippen molar-refractivity contribution < 1.29 is 23.9 Å². The standard InChI is InChI=1S/C14H16N2O6/c1-20-12-7-15(13-11(22-12)8-21-14(13)17)6-9-4-2-3-5-10(9)16(18)19/h2-5,11-13H,6-8H2,1H3/t11-,12-,13-/m1/s1. The molecule has 8 heteroatoms. The van der Waals surface area contributed by atoms with E-state index in [1.807, 2.05) is 4.90 Å². The monoisotopic (exact) mass is 308 g/mol. The number of ether oxygens (including phenoxy) is 3. The Morgan fingerprint density at radius 3 is 2.95 bits per heavy atom. The highest BCUT2D eigenvalue weighted by Crippen LogP contribution is 2.28. The number of para-hydroxylation sites is 1. The van der Waals surface area contributed by atoms with Gasteiger partial charge in [-0.25, -0.2) is 0 Å². The molecule has 2 fully saturated rings. The van der Waals surface area contributed by atoms with Crippen molar-refractivity contribution in [2.24, 2.45) is 0 Å². The number of nitrogens with zero attached hydrogens (tertiary/aromatic N) is 2. The number of cyclic esters (lactones) is 1. The number of carbonyl (C=O) groups excluding carboxylic acids is 1. The Balaban J connectivity index is 1.86. The molecule has 2 saturated heterocycles. The largest absolute Gasteiger partial charge is 0.462 e. The molecule has 0 spiro atoms. The second-order valence-corrected chi connectivity index (χ2v) is 5.23. The van der Waals surface area contributed by atoms with Crippen molar-refractivity contribution in [1.82, 2.24) is 4.90 Å². The summed E-state index contributed by atoms with van der Waals surface area (Å²) in [4.78, 5) is 24.4. The van der Waals surface area contributed by atoms with Gasteiger partial charge in [-0.05, 0) is 0 Å². The van der Waals surface area contributed by atoms with Crippen LogP contribution in [0.3, 0.4) is 0 Å². The molecular weight excluding hydrogens is 292 g/mol. The second-order valence-electron chi connectivity index (χ2n) is 5.23. The Hall–Kier alpha value is -2.03. The predicted octanol–water partition coefficient (Wildman–Crippen LogP) is 0.694. The van der Waals surface area contributed by atoms with Crippen LogP contribution in [0.15, 0.2) is 24.3 Å². The minimum atomic E-state index is -0.550. The fourth-order valence-electron chi connectivity index (χ4n) is 2.87. The molecule has 1 aromatic rings. The quantitative estimate of drug-likeness (QED) is 0.459. The van der Waals surface area contributed by atoms with Crippen LogP contribution < -0.4 is 0 Å². The van der Waals surface area contributed by atoms with Crippen molar-refractivity contribution >= 4 is 11.7 Å². The molecule has 22 heavy (non-hydrogen) atoms. The van der Waals surface area contributed by atoms with E-state index in [2.05, 4.69) is 0 Å². The van der Waals surface area contributed by atoms with Gasteiger partial charge in [0.05, 0.1) is 11.5 Å². The van der Waals surface area contributed by atoms with Gasteiger partial charge < -0.3 is 14.2 Å². The fourth-order valence-corrected chi connectivity index (χ4v) is 2.87. The number of esters is 1. The van der Waals surface area contributed by atoms with E-state index in [0.29, 0.717) is 12.1 Å². The van der Waals surface area contributed by atoms with Gasteiger partial charge in [0.1, 0.15) is 18.8 Å². The number of hydrogen-bond donors (Lipinski definition) is 0. The summed E-state index contributed by atoms with van der Waals surface area (Å²) in [5.74, 6) is -0.363. The highest BCUT2D eigenvalue weighted by Gasteiger charge is 2.47. The zero-order valence-corrected chi connectivity index (χ0v) is 12.0. The molecule has 0 unspecified atom stereocenters. The molecular formula is C14H16N2O6. The van der Waals surface area contributed by atoms with E-state index in [0.717, 1.165) is 0 Å². The summed E-state index contributed by atoms with van der Waals surface area (Å²) in [5, 5.41) is 11.1. The zero-order chi connectivity index (χ0) is 15.7. The topological polar surface area (TPSA) is 91.1 Å². The SMILES string of the molecule is CO[C@H]1CN(Cc2ccccc2[N+](=O)[O-])[C@H]2C(=O)OC[C@H]2O1. The van der Waals surface area contributed by atoms with Gasteiger partial charge >= 0.3 is 5.97 Å². The van der Waals surface area contributed by atoms with Gasteiger partial charge in [0.25, 0.3) is 5.69 Å². The first-order valence-electron chi connectivity index (χ1n) is 6.91. The van der Waals surface area contributed by atoms with Crippen molar-refractivity contribution in [1.29, 1.82) is 0 Å². The smallest absolute Gasteiger partial charge is 0.326 e. The maximum absolute atomic E-state index is 11.9. The van der Waals surface area contributed by atoms with E-state index in [4.69, 9.17) is 14.2 Å². The second kappa shape index (κ2) is 5.99. The van der Waals surface area contributed by atoms with Crippen molar-refractivity contribution in [2.45, 2.75) is 25.0 Å². The van der Waals surface area contributed by atoms with Crippen molar-refractivity contribution in [2.75, 3.05) is 20.3 Å². The lowest BCUT2D eigenvalue weighted by Gasteiger charge is -2.38. The van der Waals surface area contributed by atoms with Crippen LogP contribution in [0.4, 0.5) is 5.69 Å². The Morgan fingerprint density at radius 2 is 2.23 bits per heavy atom. The van der Waals surface area contributed by atoms with E-state index >= 15 is 0 Å². The predicted molar refractivity (Wildman–Crippen MR) is 73.9 cm³/mol. The summed E-state index contributed by atoms with van der Waals surface area (Å²) >= 11 is 0. The highest BCUT2D eigenvalue weighted by molar-refractivity contribution is 5.79. The molecule has 118 valence electrons. The van der Waals surface area contributed by atoms with Crippen LogP contribution in [0.25, 0.3) is 0 Å². The third-order valence-corrected chi connectivity index (χ3v) is 3.91. The average Bonchev–Trinajstić information content (AvgIpc) is 2.89. The number of fused-ring (bicyclic) bond motifs is 1. The number of nitro groups is 1. The van der Waals surface area contributed by atoms with Gasteiger partial charge in [-0.15, -0.1) is 0 Å². The van der Waals surface area contributed by atoms with Gasteiger partial charge in [0, 0.05) is 25.3 Å². The first-order chi connectivity index (χ1) is 10.6. The Labute approximate surface area is 126 Å². The molecule has 0 aromatic heterocycles. The van der Waals surface area contributed by atoms with Gasteiger partial charge in [-0.1, -0.05) is 18.2 Å². The van der Waals surface area contributed by atoms with Gasteiger partial charge in [-0.2, -0.15) is 0 Å². The van der Waals surface area contributed by atoms with Crippen LogP contribution in [0.2, 0.25) is 0 Å². The summed E-state index contributed by atoms with van der Waals surface area (Å²) in [6, 6.07) is 5.94. The maximum atomic E-state index is 11.9. The molecule has 3 atom stereocenters. The summed E-state index contributed by atoms with van der Waals surface area (Å²) < 4.78 is 15.9. The third-order valence-electron chi connectivity index (χ3n) is 3.91. The van der Waals surface area contributed by atoms with Crippen LogP contribution in [-0.2, 0) is 25.5 Å². The number of rotatable bonds is 4. The molecule has 0 aliphatic carbocycles. The molecule has 0 amide bonds. The van der Waals surface area contributed by atoms with Crippen molar-refractivity contribution in [3.63, 3.8) is 0 Å². The summed E-state index contributed by atoms with van der Waals surface area (Å²) in [7, 11) is 1.52. The molecule has 2 aliphatic heterocycles. The summed E-state index contributed by atoms with van der Waals surface area (Å²) in [6.07, 6.45) is -0.896. The number of nitro benzene ring substituents is 1. The minimum absolute atomic E-state index is 0.0332. The number of carbonyl (C=O) groups is 1. The molecule has 0 radical (unpaired) electrons. The van der Waals surface area contributed by atoms with E-state index in [-0.39, 0.29) is 24.8 Å². The lowest BCUT2D eigenvalue weighted by molar-refractivity contribution is -0.385. The summed E-state index contributed by atoms with van der Waals surface area (Å²) in [5.41, 5.74) is 0.577. The highest BCUT2D eigenvalue weighted by atomic mass is 16.7. The Kier molecular flexibility index (Phi) is 4.06. The van der Waals surface area contributed by atoms with E-state index in [1.54, 1.807) is 18.2 Å². The number of methoxy groups -OCH3 is 1. The molecule has 0 bridgehead atoms. The normalized spacial score (nSPS) is 28.2. The van der Waals surface area contributed by atoms with Crippen LogP contribution in [-0.4, -0.2) is 54.5 Å². The molecule has 2 aliphatic rings. The molecule has 2 heterocycles. The van der Waals surface area contributed by atoms with E-state index in [9.17, 15) is 14.9 Å². The maximum Gasteiger partial charge on any atom is 0.326 e. The number of morpholine rings is 1. The van der Waals surface area contributed by atoms with Crippen LogP contribution in [0, 0.1) is 10.1 Å². The van der Waals surface area contributed by atoms with Gasteiger partial charge in [0.15, 0.2) is 6.29 Å². The molecule has 0 saturated carbocycles. The molecule has 0 N–H and O–H groups in total. The van der Waals surface area contributed by atoms with Crippen molar-refractivity contribution in [3.8, 4) is 0 Å². The number of hydrogen-bond acceptors (Lipinski definition) is 7. The van der Waals surface area contributed by atoms with E-state index in [1.165, 1.54) is 13.2 Å². The van der Waals surface area contributed by atoms with Gasteiger partial charge in [0.2, 0.25) is 0 Å². The lowest BCUT2D eigenvalue weighted by Crippen LogP contribution is -2.55. The number of benzene rings is 1. The fraction of sp³-hybridized carbons (Fsp3) is 0.500. The Morgan fingerprint density at radius 1 is 1.45 bits per heavy atom. The van der Waals surface area contributed by atoms with Crippen molar-refractivity contribution in [3.05, 3.63) is 39.9 Å². The Bertz CT molecular complexity index is 592. The van der Waals surface area contributed by atoms with Crippen LogP contribution >= 0.6 is 0 Å². The minimum Gasteiger partial charge on any atom is -0.462 e. The molecule has 3 rings (SSSR count). The van der Waals surface area contributed by atoms with Crippen LogP contribution in [0.5, 0.6) is 0 Å². The zero-order valence-electron chi connectivity index (χ0n) is 12.0. The average molecular weight is 308 g/mol. The summed E-state index contributed by atoms with van der Waals surface area (Å²) in [6.45, 7) is 0.784. The lowest BCUT2D eigenvalue weighted by atomic mass is 10.1. The van der Waals surface area contributed by atoms with Crippen LogP contribution in [0.1, 0.15) is 5.56 Å². The molecule has 1 aromatic carbocycles.